The second-order valence-electron chi connectivity index (χ2n) is 19.0. The Labute approximate surface area is 437 Å². The molecule has 0 radical (unpaired) electrons. The van der Waals surface area contributed by atoms with E-state index in [1.165, 1.54) is 0 Å². The first-order chi connectivity index (χ1) is 36.3. The Hall–Kier alpha value is -5.94. The molecule has 7 N–H and O–H groups in total. The maximum absolute atomic E-state index is 13.6. The summed E-state index contributed by atoms with van der Waals surface area (Å²) >= 11 is 0. The van der Waals surface area contributed by atoms with Gasteiger partial charge in [0.05, 0.1) is 30.5 Å². The standard InChI is InChI=1S/C55H72N4O16/c1-5-37-23-25-39(58-54(65)68-31-35-19-13-9-14-20-35)50(70-37)73-46-33(4)29-41(57-49(63)42(60)27-28-56-53(64)67-30-34-17-11-8-12-18-34)44(61)48(46)75-52-45(62)47(43(7-3)72-52)74-51-40(26-24-38(6-2)71-51)59-55(66)69-32-36-21-15-10-16-22-36/h8-26,33,37-48,50-52,60-62H,5-7,27-32H2,1-4H3,(H,56,64)(H,57,63)(H,58,65)(H,59,66)/t33-,37+,38-,39+,40+,41+,42-,43+,44-,45+,46+,47+,48+,50+,51+,52-/m0/s1. The molecule has 3 aromatic carbocycles. The number of nitrogens with one attached hydrogen (secondary N) is 4. The van der Waals surface area contributed by atoms with Crippen LogP contribution in [0, 0.1) is 5.92 Å². The number of hydrogen-bond acceptors (Lipinski definition) is 16. The summed E-state index contributed by atoms with van der Waals surface area (Å²) in [5, 5.41) is 46.2. The maximum Gasteiger partial charge on any atom is 0.408 e. The number of amides is 4. The highest BCUT2D eigenvalue weighted by Crippen LogP contribution is 2.37. The number of hydrogen-bond donors (Lipinski definition) is 7. The molecular formula is C55H72N4O16. The lowest BCUT2D eigenvalue weighted by molar-refractivity contribution is -0.287. The average Bonchev–Trinajstić information content (AvgIpc) is 3.73. The minimum absolute atomic E-state index is 0.0167. The van der Waals surface area contributed by atoms with Crippen LogP contribution in [0.3, 0.4) is 0 Å². The normalized spacial score (nSPS) is 30.6. The van der Waals surface area contributed by atoms with Crippen LogP contribution < -0.4 is 21.3 Å². The van der Waals surface area contributed by atoms with Gasteiger partial charge in [-0.25, -0.2) is 14.4 Å². The predicted octanol–water partition coefficient (Wildman–Crippen LogP) is 5.17. The molecule has 20 heteroatoms. The maximum atomic E-state index is 13.6. The van der Waals surface area contributed by atoms with E-state index < -0.39 is 116 Å². The van der Waals surface area contributed by atoms with E-state index in [-0.39, 0.29) is 45.3 Å². The first-order valence-electron chi connectivity index (χ1n) is 25.8. The summed E-state index contributed by atoms with van der Waals surface area (Å²) in [6.07, 6.45) is -6.84. The Morgan fingerprint density at radius 2 is 1.04 bits per heavy atom. The molecule has 75 heavy (non-hydrogen) atoms. The molecule has 408 valence electrons. The average molecular weight is 1050 g/mol. The van der Waals surface area contributed by atoms with Crippen LogP contribution in [-0.4, -0.2) is 138 Å². The van der Waals surface area contributed by atoms with Crippen molar-refractivity contribution in [2.24, 2.45) is 5.92 Å². The monoisotopic (exact) mass is 1040 g/mol. The number of carbonyl (C=O) groups is 4. The highest BCUT2D eigenvalue weighted by Gasteiger charge is 2.53. The van der Waals surface area contributed by atoms with Gasteiger partial charge in [-0.05, 0) is 54.7 Å². The molecular weight excluding hydrogens is 973 g/mol. The molecule has 1 aliphatic carbocycles. The van der Waals surface area contributed by atoms with Gasteiger partial charge in [-0.2, -0.15) is 0 Å². The lowest BCUT2D eigenvalue weighted by Crippen LogP contribution is -2.63. The summed E-state index contributed by atoms with van der Waals surface area (Å²) < 4.78 is 55.1. The first-order valence-corrected chi connectivity index (χ1v) is 25.8. The molecule has 4 aliphatic rings. The summed E-state index contributed by atoms with van der Waals surface area (Å²) in [4.78, 5) is 52.2. The Morgan fingerprint density at radius 3 is 1.52 bits per heavy atom. The number of alkyl carbamates (subject to hydrolysis) is 3. The van der Waals surface area contributed by atoms with Crippen molar-refractivity contribution >= 4 is 24.2 Å². The van der Waals surface area contributed by atoms with E-state index in [0.717, 1.165) is 16.7 Å². The largest absolute Gasteiger partial charge is 0.445 e. The van der Waals surface area contributed by atoms with Crippen molar-refractivity contribution in [1.82, 2.24) is 21.3 Å². The van der Waals surface area contributed by atoms with E-state index in [4.69, 9.17) is 42.6 Å². The third kappa shape index (κ3) is 16.3. The van der Waals surface area contributed by atoms with Gasteiger partial charge >= 0.3 is 18.3 Å². The molecule has 16 atom stereocenters. The zero-order valence-electron chi connectivity index (χ0n) is 42.7. The lowest BCUT2D eigenvalue weighted by Gasteiger charge is -2.46. The molecule has 2 fully saturated rings. The molecule has 3 aromatic rings. The minimum atomic E-state index is -1.59. The number of benzene rings is 3. The summed E-state index contributed by atoms with van der Waals surface area (Å²) in [6, 6.07) is 24.8. The zero-order chi connectivity index (χ0) is 53.3. The summed E-state index contributed by atoms with van der Waals surface area (Å²) in [5.41, 5.74) is 2.38. The molecule has 1 saturated carbocycles. The van der Waals surface area contributed by atoms with E-state index in [2.05, 4.69) is 21.3 Å². The van der Waals surface area contributed by atoms with Gasteiger partial charge in [0, 0.05) is 6.54 Å². The molecule has 3 aliphatic heterocycles. The molecule has 0 unspecified atom stereocenters. The fourth-order valence-electron chi connectivity index (χ4n) is 9.21. The van der Waals surface area contributed by atoms with Crippen LogP contribution in [0.2, 0.25) is 0 Å². The molecule has 0 aromatic heterocycles. The third-order valence-electron chi connectivity index (χ3n) is 13.4. The van der Waals surface area contributed by atoms with Gasteiger partial charge < -0.3 is 79.2 Å². The summed E-state index contributed by atoms with van der Waals surface area (Å²) in [5.74, 6) is -1.33. The minimum Gasteiger partial charge on any atom is -0.445 e. The number of carbonyl (C=O) groups excluding carboxylic acids is 4. The van der Waals surface area contributed by atoms with E-state index in [9.17, 15) is 34.5 Å². The quantitative estimate of drug-likeness (QED) is 0.0506. The van der Waals surface area contributed by atoms with Crippen molar-refractivity contribution in [3.8, 4) is 0 Å². The Morgan fingerprint density at radius 1 is 0.573 bits per heavy atom. The first kappa shape index (κ1) is 56.8. The van der Waals surface area contributed by atoms with Crippen LogP contribution in [0.15, 0.2) is 115 Å². The highest BCUT2D eigenvalue weighted by atomic mass is 16.8. The van der Waals surface area contributed by atoms with E-state index >= 15 is 0 Å². The van der Waals surface area contributed by atoms with Crippen molar-refractivity contribution in [3.05, 3.63) is 132 Å². The smallest absolute Gasteiger partial charge is 0.408 e. The molecule has 7 rings (SSSR count). The third-order valence-corrected chi connectivity index (χ3v) is 13.4. The van der Waals surface area contributed by atoms with Crippen LogP contribution in [0.5, 0.6) is 0 Å². The number of aliphatic hydroxyl groups is 3. The van der Waals surface area contributed by atoms with E-state index in [1.54, 1.807) is 12.2 Å². The topological polar surface area (TPSA) is 260 Å². The molecule has 1 saturated heterocycles. The Bertz CT molecular complexity index is 2310. The van der Waals surface area contributed by atoms with Crippen molar-refractivity contribution in [3.63, 3.8) is 0 Å². The van der Waals surface area contributed by atoms with Crippen LogP contribution >= 0.6 is 0 Å². The molecule has 0 spiro atoms. The van der Waals surface area contributed by atoms with Crippen LogP contribution in [0.4, 0.5) is 14.4 Å². The van der Waals surface area contributed by atoms with Crippen LogP contribution in [-0.2, 0) is 67.2 Å². The molecule has 0 bridgehead atoms. The summed E-state index contributed by atoms with van der Waals surface area (Å²) in [7, 11) is 0. The van der Waals surface area contributed by atoms with E-state index in [0.29, 0.717) is 19.3 Å². The van der Waals surface area contributed by atoms with Crippen molar-refractivity contribution in [2.45, 2.75) is 172 Å². The molecule has 3 heterocycles. The van der Waals surface area contributed by atoms with Crippen molar-refractivity contribution in [1.29, 1.82) is 0 Å². The number of rotatable bonds is 22. The van der Waals surface area contributed by atoms with E-state index in [1.807, 2.05) is 131 Å². The fourth-order valence-corrected chi connectivity index (χ4v) is 9.21. The molecule has 4 amide bonds. The zero-order valence-corrected chi connectivity index (χ0v) is 42.7. The van der Waals surface area contributed by atoms with Gasteiger partial charge in [0.15, 0.2) is 18.9 Å². The number of ether oxygens (including phenoxy) is 9. The van der Waals surface area contributed by atoms with Gasteiger partial charge in [-0.3, -0.25) is 4.79 Å². The van der Waals surface area contributed by atoms with Crippen molar-refractivity contribution in [2.75, 3.05) is 6.54 Å². The Kier molecular flexibility index (Phi) is 21.4. The summed E-state index contributed by atoms with van der Waals surface area (Å²) in [6.45, 7) is 7.52. The predicted molar refractivity (Wildman–Crippen MR) is 270 cm³/mol. The van der Waals surface area contributed by atoms with Crippen molar-refractivity contribution < 1.29 is 77.1 Å². The lowest BCUT2D eigenvalue weighted by atomic mass is 9.80. The SMILES string of the molecule is CC[C@H]1C=C[C@@H](NC(=O)OCc2ccccc2)[C@@H](O[C@H]2[C@@H](O)[C@H](O[C@@H]3[C@@H](O)[C@H](NC(=O)[C@@H](O)CCNC(=O)OCc4ccccc4)C[C@H](C)[C@H]3O[C@H]3O[C@H](CC)C=C[C@H]3NC(=O)OCc3ccccc3)O[C@@H]2CC)O1. The van der Waals surface area contributed by atoms with Crippen LogP contribution in [0.25, 0.3) is 0 Å². The van der Waals surface area contributed by atoms with Gasteiger partial charge in [-0.15, -0.1) is 0 Å². The van der Waals surface area contributed by atoms with Gasteiger partial charge in [0.25, 0.3) is 0 Å². The van der Waals surface area contributed by atoms with Crippen LogP contribution in [0.1, 0.15) is 76.5 Å². The molecule has 20 nitrogen and oxygen atoms in total. The number of aliphatic hydroxyl groups excluding tert-OH is 3. The fraction of sp³-hybridized carbons (Fsp3) is 0.527. The van der Waals surface area contributed by atoms with Gasteiger partial charge in [0.2, 0.25) is 5.91 Å². The Balaban J connectivity index is 1.05. The second-order valence-corrected chi connectivity index (χ2v) is 19.0. The second kappa shape index (κ2) is 28.3. The van der Waals surface area contributed by atoms with Gasteiger partial charge in [0.1, 0.15) is 62.4 Å². The van der Waals surface area contributed by atoms with Gasteiger partial charge in [-0.1, -0.05) is 143 Å². The highest BCUT2D eigenvalue weighted by molar-refractivity contribution is 5.81.